The molecule has 1 fully saturated rings. The van der Waals surface area contributed by atoms with Gasteiger partial charge < -0.3 is 39.0 Å². The fourth-order valence-electron chi connectivity index (χ4n) is 9.60. The van der Waals surface area contributed by atoms with E-state index in [9.17, 15) is 34.5 Å². The Kier molecular flexibility index (Phi) is 47.2. The van der Waals surface area contributed by atoms with Crippen molar-refractivity contribution in [1.29, 1.82) is 0 Å². The summed E-state index contributed by atoms with van der Waals surface area (Å²) >= 11 is 0. The molecule has 1 rings (SSSR count). The normalized spacial score (nSPS) is 18.3. The van der Waals surface area contributed by atoms with Gasteiger partial charge in [0.1, 0.15) is 18.8 Å². The van der Waals surface area contributed by atoms with E-state index in [-0.39, 0.29) is 25.9 Å². The van der Waals surface area contributed by atoms with Crippen LogP contribution in [0.25, 0.3) is 0 Å². The molecule has 6 atom stereocenters. The zero-order valence-electron chi connectivity index (χ0n) is 47.2. The highest BCUT2D eigenvalue weighted by Crippen LogP contribution is 2.27. The van der Waals surface area contributed by atoms with Gasteiger partial charge >= 0.3 is 23.9 Å². The van der Waals surface area contributed by atoms with E-state index in [2.05, 4.69) is 32.9 Å². The maximum absolute atomic E-state index is 13.1. The van der Waals surface area contributed by atoms with Gasteiger partial charge in [-0.05, 0) is 44.9 Å². The molecule has 0 aromatic heterocycles. The van der Waals surface area contributed by atoms with Crippen molar-refractivity contribution in [3.63, 3.8) is 0 Å². The van der Waals surface area contributed by atoms with E-state index < -0.39 is 67.3 Å². The third-order valence-electron chi connectivity index (χ3n) is 14.3. The van der Waals surface area contributed by atoms with Crippen molar-refractivity contribution < 1.29 is 58.2 Å². The van der Waals surface area contributed by atoms with E-state index in [0.717, 1.165) is 64.2 Å². The second-order valence-corrected chi connectivity index (χ2v) is 21.4. The number of carboxylic acids is 1. The van der Waals surface area contributed by atoms with Crippen molar-refractivity contribution in [2.45, 2.75) is 340 Å². The van der Waals surface area contributed by atoms with Crippen LogP contribution in [0.2, 0.25) is 0 Å². The fourth-order valence-corrected chi connectivity index (χ4v) is 9.60. The molecule has 0 aromatic rings. The van der Waals surface area contributed by atoms with Gasteiger partial charge in [0.25, 0.3) is 0 Å². The molecule has 3 N–H and O–H groups in total. The Morgan fingerprint density at radius 1 is 0.438 bits per heavy atom. The van der Waals surface area contributed by atoms with Gasteiger partial charge in [0.05, 0.1) is 6.61 Å². The Bertz CT molecular complexity index is 1320. The number of esters is 3. The molecule has 0 aromatic carbocycles. The average molecular weight is 1040 g/mol. The number of carbonyl (C=O) groups excluding carboxylic acids is 3. The Morgan fingerprint density at radius 2 is 0.781 bits per heavy atom. The van der Waals surface area contributed by atoms with Crippen LogP contribution in [0.3, 0.4) is 0 Å². The van der Waals surface area contributed by atoms with Gasteiger partial charge in [0.2, 0.25) is 0 Å². The molecule has 12 heteroatoms. The largest absolute Gasteiger partial charge is 0.479 e. The lowest BCUT2D eigenvalue weighted by molar-refractivity contribution is -0.301. The highest BCUT2D eigenvalue weighted by atomic mass is 16.7. The first-order valence-electron chi connectivity index (χ1n) is 30.7. The predicted molar refractivity (Wildman–Crippen MR) is 294 cm³/mol. The number of rotatable bonds is 53. The van der Waals surface area contributed by atoms with Gasteiger partial charge in [-0.1, -0.05) is 251 Å². The molecule has 0 saturated carbocycles. The number of carboxylic acid groups (broad SMARTS) is 1. The smallest absolute Gasteiger partial charge is 0.335 e. The van der Waals surface area contributed by atoms with Crippen molar-refractivity contribution in [1.82, 2.24) is 0 Å². The minimum Gasteiger partial charge on any atom is -0.479 e. The van der Waals surface area contributed by atoms with Crippen LogP contribution in [0.1, 0.15) is 303 Å². The van der Waals surface area contributed by atoms with Gasteiger partial charge in [0, 0.05) is 19.3 Å². The summed E-state index contributed by atoms with van der Waals surface area (Å²) < 4.78 is 28.4. The minimum absolute atomic E-state index is 0.0688. The number of carbonyl (C=O) groups is 4. The van der Waals surface area contributed by atoms with Gasteiger partial charge in [-0.15, -0.1) is 0 Å². The molecule has 0 amide bonds. The lowest BCUT2D eigenvalue weighted by atomic mass is 9.98. The van der Waals surface area contributed by atoms with Crippen molar-refractivity contribution in [3.05, 3.63) is 12.2 Å². The summed E-state index contributed by atoms with van der Waals surface area (Å²) in [5.41, 5.74) is 0. The van der Waals surface area contributed by atoms with Crippen molar-refractivity contribution in [2.75, 3.05) is 13.2 Å². The Hall–Kier alpha value is -2.54. The van der Waals surface area contributed by atoms with E-state index in [4.69, 9.17) is 23.7 Å². The number of aliphatic hydroxyl groups is 2. The molecule has 1 saturated heterocycles. The third-order valence-corrected chi connectivity index (χ3v) is 14.3. The van der Waals surface area contributed by atoms with Crippen LogP contribution in [-0.2, 0) is 42.9 Å². The summed E-state index contributed by atoms with van der Waals surface area (Å²) in [5.74, 6) is -3.09. The van der Waals surface area contributed by atoms with Crippen LogP contribution in [-0.4, -0.2) is 89.2 Å². The maximum Gasteiger partial charge on any atom is 0.335 e. The second-order valence-electron chi connectivity index (χ2n) is 21.4. The molecule has 73 heavy (non-hydrogen) atoms. The van der Waals surface area contributed by atoms with Crippen molar-refractivity contribution in [2.24, 2.45) is 0 Å². The van der Waals surface area contributed by atoms with Gasteiger partial charge in [0.15, 0.2) is 24.6 Å². The first-order chi connectivity index (χ1) is 35.6. The highest BCUT2D eigenvalue weighted by Gasteiger charge is 2.50. The molecule has 0 bridgehead atoms. The number of unbranched alkanes of at least 4 members (excludes halogenated alkanes) is 37. The van der Waals surface area contributed by atoms with Gasteiger partial charge in [-0.3, -0.25) is 14.4 Å². The highest BCUT2D eigenvalue weighted by molar-refractivity contribution is 5.74. The molecule has 6 unspecified atom stereocenters. The first-order valence-corrected chi connectivity index (χ1v) is 30.7. The van der Waals surface area contributed by atoms with Crippen LogP contribution in [0.15, 0.2) is 12.2 Å². The summed E-state index contributed by atoms with van der Waals surface area (Å²) in [4.78, 5) is 51.0. The summed E-state index contributed by atoms with van der Waals surface area (Å²) in [7, 11) is 0. The summed E-state index contributed by atoms with van der Waals surface area (Å²) in [6.45, 7) is 6.00. The Balaban J connectivity index is 2.60. The quantitative estimate of drug-likeness (QED) is 0.0228. The molecule has 0 spiro atoms. The van der Waals surface area contributed by atoms with E-state index in [0.29, 0.717) is 19.3 Å². The fraction of sp³-hybridized carbons (Fsp3) is 0.902. The van der Waals surface area contributed by atoms with Gasteiger partial charge in [-0.2, -0.15) is 0 Å². The number of hydrogen-bond donors (Lipinski definition) is 3. The number of ether oxygens (including phenoxy) is 5. The molecule has 12 nitrogen and oxygen atoms in total. The minimum atomic E-state index is -1.90. The topological polar surface area (TPSA) is 175 Å². The summed E-state index contributed by atoms with van der Waals surface area (Å²) in [6, 6.07) is 0. The lowest BCUT2D eigenvalue weighted by Crippen LogP contribution is -2.61. The second kappa shape index (κ2) is 50.3. The number of aliphatic hydroxyl groups excluding tert-OH is 2. The Labute approximate surface area is 446 Å². The van der Waals surface area contributed by atoms with E-state index in [1.807, 2.05) is 0 Å². The van der Waals surface area contributed by atoms with Crippen LogP contribution >= 0.6 is 0 Å². The molecule has 428 valence electrons. The SMILES string of the molecule is CCCCCCCC/C=C\CCCCCCCCCC(=O)OCC(COC1OC(C(=O)O)C(O)C(O)C1OC(=O)CCCCCCCCCCCCCCCCCCC)OC(=O)CCCCCCCCCCC. The predicted octanol–water partition coefficient (Wildman–Crippen LogP) is 15.7. The molecular weight excluding hydrogens is 925 g/mol. The lowest BCUT2D eigenvalue weighted by Gasteiger charge is -2.40. The van der Waals surface area contributed by atoms with E-state index in [1.165, 1.54) is 180 Å². The zero-order chi connectivity index (χ0) is 53.3. The Morgan fingerprint density at radius 3 is 1.16 bits per heavy atom. The summed E-state index contributed by atoms with van der Waals surface area (Å²) in [5, 5.41) is 31.5. The standard InChI is InChI=1S/C61H112O12/c1-4-7-10-13-16-19-21-23-25-27-29-31-33-36-38-41-44-47-53(62)69-50-52(71-54(63)48-45-42-39-35-18-15-12-9-6-3)51-70-61-59(57(66)56(65)58(73-61)60(67)68)72-55(64)49-46-43-40-37-34-32-30-28-26-24-22-20-17-14-11-8-5-2/h23,25,52,56-59,61,65-66H,4-22,24,26-51H2,1-3H3,(H,67,68)/b25-23-. The van der Waals surface area contributed by atoms with Crippen LogP contribution in [0, 0.1) is 0 Å². The van der Waals surface area contributed by atoms with Crippen molar-refractivity contribution in [3.8, 4) is 0 Å². The molecule has 0 aliphatic carbocycles. The molecule has 0 radical (unpaired) electrons. The third kappa shape index (κ3) is 40.4. The monoisotopic (exact) mass is 1040 g/mol. The van der Waals surface area contributed by atoms with E-state index in [1.54, 1.807) is 0 Å². The van der Waals surface area contributed by atoms with Crippen LogP contribution in [0.4, 0.5) is 0 Å². The van der Waals surface area contributed by atoms with Crippen LogP contribution < -0.4 is 0 Å². The molecule has 1 aliphatic rings. The molecular formula is C61H112O12. The van der Waals surface area contributed by atoms with Gasteiger partial charge in [-0.25, -0.2) is 4.79 Å². The molecule has 1 aliphatic heterocycles. The van der Waals surface area contributed by atoms with Crippen molar-refractivity contribution >= 4 is 23.9 Å². The summed E-state index contributed by atoms with van der Waals surface area (Å²) in [6.07, 6.45) is 43.3. The van der Waals surface area contributed by atoms with Crippen LogP contribution in [0.5, 0.6) is 0 Å². The average Bonchev–Trinajstić information content (AvgIpc) is 3.37. The number of allylic oxidation sites excluding steroid dienone is 2. The first kappa shape index (κ1) is 68.5. The number of hydrogen-bond acceptors (Lipinski definition) is 11. The van der Waals surface area contributed by atoms with E-state index >= 15 is 0 Å². The maximum atomic E-state index is 13.1. The number of aliphatic carboxylic acids is 1. The molecule has 1 heterocycles. The zero-order valence-corrected chi connectivity index (χ0v) is 47.2.